The number of halogens is 7. The highest BCUT2D eigenvalue weighted by Gasteiger charge is 2.42. The van der Waals surface area contributed by atoms with Gasteiger partial charge in [-0.05, 0) is 89.7 Å². The third-order valence-electron chi connectivity index (χ3n) is 7.61. The molecule has 1 aliphatic heterocycles. The maximum Gasteiger partial charge on any atom is 0.416 e. The van der Waals surface area contributed by atoms with Gasteiger partial charge in [0.05, 0.1) is 17.0 Å². The highest BCUT2D eigenvalue weighted by Crippen LogP contribution is 2.46. The van der Waals surface area contributed by atoms with Crippen LogP contribution in [0.4, 0.5) is 30.7 Å². The van der Waals surface area contributed by atoms with Crippen LogP contribution in [0.2, 0.25) is 0 Å². The van der Waals surface area contributed by atoms with Gasteiger partial charge in [-0.1, -0.05) is 50.2 Å². The van der Waals surface area contributed by atoms with Crippen LogP contribution >= 0.6 is 0 Å². The van der Waals surface area contributed by atoms with E-state index in [2.05, 4.69) is 0 Å². The molecule has 10 heteroatoms. The van der Waals surface area contributed by atoms with Crippen LogP contribution in [0.15, 0.2) is 60.7 Å². The number of carboxylic acids is 1. The summed E-state index contributed by atoms with van der Waals surface area (Å²) >= 11 is 0. The molecule has 4 rings (SSSR count). The van der Waals surface area contributed by atoms with Gasteiger partial charge in [-0.25, -0.2) is 4.39 Å². The normalized spacial score (nSPS) is 17.4. The van der Waals surface area contributed by atoms with Crippen LogP contribution < -0.4 is 0 Å². The Morgan fingerprint density at radius 3 is 2.24 bits per heavy atom. The zero-order chi connectivity index (χ0) is 30.8. The van der Waals surface area contributed by atoms with Gasteiger partial charge in [-0.3, -0.25) is 9.69 Å². The monoisotopic (exact) mass is 595 g/mol. The lowest BCUT2D eigenvalue weighted by Gasteiger charge is -2.35. The van der Waals surface area contributed by atoms with E-state index in [-0.39, 0.29) is 42.1 Å². The molecule has 3 aromatic carbocycles. The van der Waals surface area contributed by atoms with E-state index >= 15 is 0 Å². The minimum atomic E-state index is -4.85. The molecule has 3 nitrogen and oxygen atoms in total. The molecule has 2 atom stereocenters. The first-order valence-corrected chi connectivity index (χ1v) is 13.8. The number of carboxylic acid groups (broad SMARTS) is 1. The van der Waals surface area contributed by atoms with Crippen molar-refractivity contribution in [2.24, 2.45) is 5.92 Å². The Morgan fingerprint density at radius 1 is 0.952 bits per heavy atom. The summed E-state index contributed by atoms with van der Waals surface area (Å²) < 4.78 is 98.3. The molecule has 1 heterocycles. The van der Waals surface area contributed by atoms with Crippen LogP contribution in [0.5, 0.6) is 0 Å². The molecule has 0 spiro atoms. The summed E-state index contributed by atoms with van der Waals surface area (Å²) in [5, 5.41) is 10.1. The Hall–Kier alpha value is -3.40. The second kappa shape index (κ2) is 12.5. The maximum absolute atomic E-state index is 14.8. The van der Waals surface area contributed by atoms with Crippen molar-refractivity contribution in [3.05, 3.63) is 94.3 Å². The van der Waals surface area contributed by atoms with E-state index in [1.807, 2.05) is 0 Å². The van der Waals surface area contributed by atoms with Crippen LogP contribution in [0.25, 0.3) is 11.1 Å². The Kier molecular flexibility index (Phi) is 9.35. The molecule has 42 heavy (non-hydrogen) atoms. The predicted molar refractivity (Wildman–Crippen MR) is 145 cm³/mol. The first kappa shape index (κ1) is 31.5. The average molecular weight is 596 g/mol. The molecule has 226 valence electrons. The smallest absolute Gasteiger partial charge is 0.416 e. The van der Waals surface area contributed by atoms with Crippen molar-refractivity contribution < 1.29 is 40.6 Å². The fourth-order valence-corrected chi connectivity index (χ4v) is 5.86. The topological polar surface area (TPSA) is 40.5 Å². The van der Waals surface area contributed by atoms with Crippen molar-refractivity contribution in [3.63, 3.8) is 0 Å². The van der Waals surface area contributed by atoms with Crippen molar-refractivity contribution in [1.29, 1.82) is 0 Å². The Bertz CT molecular complexity index is 1400. The minimum absolute atomic E-state index is 0.00793. The summed E-state index contributed by atoms with van der Waals surface area (Å²) in [5.41, 5.74) is -1.26. The molecule has 1 fully saturated rings. The van der Waals surface area contributed by atoms with Gasteiger partial charge in [-0.2, -0.15) is 26.3 Å². The number of hydrogen-bond donors (Lipinski definition) is 1. The van der Waals surface area contributed by atoms with Gasteiger partial charge in [0.25, 0.3) is 0 Å². The van der Waals surface area contributed by atoms with E-state index in [1.54, 1.807) is 49.1 Å². The highest BCUT2D eigenvalue weighted by molar-refractivity contribution is 5.79. The summed E-state index contributed by atoms with van der Waals surface area (Å²) in [5.74, 6) is -4.65. The number of piperidine rings is 1. The van der Waals surface area contributed by atoms with Crippen molar-refractivity contribution in [1.82, 2.24) is 4.90 Å². The fourth-order valence-electron chi connectivity index (χ4n) is 5.86. The van der Waals surface area contributed by atoms with E-state index in [0.717, 1.165) is 12.1 Å². The zero-order valence-corrected chi connectivity index (χ0v) is 23.2. The number of hydrogen-bond acceptors (Lipinski definition) is 2. The molecular weight excluding hydrogens is 563 g/mol. The lowest BCUT2D eigenvalue weighted by atomic mass is 9.78. The lowest BCUT2D eigenvalue weighted by Crippen LogP contribution is -2.35. The largest absolute Gasteiger partial charge is 0.481 e. The van der Waals surface area contributed by atoms with Gasteiger partial charge in [0.2, 0.25) is 0 Å². The third-order valence-corrected chi connectivity index (χ3v) is 7.61. The van der Waals surface area contributed by atoms with Crippen LogP contribution in [-0.2, 0) is 23.7 Å². The molecule has 2 unspecified atom stereocenters. The number of carbonyl (C=O) groups is 1. The van der Waals surface area contributed by atoms with Gasteiger partial charge < -0.3 is 5.11 Å². The molecule has 0 amide bonds. The molecule has 0 radical (unpaired) electrons. The average Bonchev–Trinajstić information content (AvgIpc) is 2.90. The number of aliphatic carboxylic acids is 1. The van der Waals surface area contributed by atoms with Gasteiger partial charge in [0.15, 0.2) is 0 Å². The number of alkyl halides is 6. The number of likely N-dealkylation sites (tertiary alicyclic amines) is 1. The van der Waals surface area contributed by atoms with Gasteiger partial charge in [-0.15, -0.1) is 0 Å². The zero-order valence-electron chi connectivity index (χ0n) is 23.2. The first-order valence-electron chi connectivity index (χ1n) is 13.8. The molecule has 0 aliphatic carbocycles. The van der Waals surface area contributed by atoms with Crippen molar-refractivity contribution in [3.8, 4) is 11.1 Å². The summed E-state index contributed by atoms with van der Waals surface area (Å²) in [6.07, 6.45) is -8.75. The summed E-state index contributed by atoms with van der Waals surface area (Å²) in [6, 6.07) is 13.8. The lowest BCUT2D eigenvalue weighted by molar-refractivity contribution is -0.142. The Morgan fingerprint density at radius 2 is 1.64 bits per heavy atom. The van der Waals surface area contributed by atoms with Crippen LogP contribution in [0, 0.1) is 11.7 Å². The van der Waals surface area contributed by atoms with Gasteiger partial charge in [0.1, 0.15) is 5.82 Å². The number of nitrogens with zero attached hydrogens (tertiary/aromatic N) is 1. The fraction of sp³-hybridized carbons (Fsp3) is 0.406. The molecule has 0 bridgehead atoms. The third kappa shape index (κ3) is 7.51. The second-order valence-corrected chi connectivity index (χ2v) is 11.3. The maximum atomic E-state index is 14.8. The molecule has 0 aromatic heterocycles. The van der Waals surface area contributed by atoms with Crippen molar-refractivity contribution in [2.75, 3.05) is 13.1 Å². The van der Waals surface area contributed by atoms with E-state index in [1.165, 1.54) is 12.1 Å². The predicted octanol–water partition coefficient (Wildman–Crippen LogP) is 9.12. The van der Waals surface area contributed by atoms with Crippen LogP contribution in [-0.4, -0.2) is 29.1 Å². The van der Waals surface area contributed by atoms with Gasteiger partial charge in [0, 0.05) is 13.1 Å². The van der Waals surface area contributed by atoms with E-state index < -0.39 is 47.1 Å². The quantitative estimate of drug-likeness (QED) is 0.264. The minimum Gasteiger partial charge on any atom is -0.481 e. The van der Waals surface area contributed by atoms with E-state index in [0.29, 0.717) is 36.6 Å². The van der Waals surface area contributed by atoms with E-state index in [4.69, 9.17) is 0 Å². The summed E-state index contributed by atoms with van der Waals surface area (Å²) in [6.45, 7) is 3.92. The van der Waals surface area contributed by atoms with Crippen molar-refractivity contribution >= 4 is 5.97 Å². The summed E-state index contributed by atoms with van der Waals surface area (Å²) in [4.78, 5) is 14.1. The van der Waals surface area contributed by atoms with Crippen LogP contribution in [0.3, 0.4) is 0 Å². The Balaban J connectivity index is 1.81. The highest BCUT2D eigenvalue weighted by atomic mass is 19.4. The van der Waals surface area contributed by atoms with Crippen LogP contribution in [0.1, 0.15) is 72.8 Å². The van der Waals surface area contributed by atoms with E-state index in [9.17, 15) is 40.6 Å². The molecular formula is C32H32F7NO2. The molecule has 1 aliphatic rings. The summed E-state index contributed by atoms with van der Waals surface area (Å²) in [7, 11) is 0. The Labute approximate surface area is 240 Å². The molecule has 3 aromatic rings. The van der Waals surface area contributed by atoms with Gasteiger partial charge >= 0.3 is 18.3 Å². The number of rotatable bonds is 8. The first-order chi connectivity index (χ1) is 19.6. The molecule has 1 N–H and O–H groups in total. The number of benzene rings is 3. The SMILES string of the molecule is CC(C)CC(C(=O)O)c1cc(-c2ccccc2)cc(C2CCCN(Cc3cc(F)cc(C(F)(F)F)c3)C2)c1C(F)(F)F. The standard InChI is InChI=1S/C32H32F7NO2/c1-19(2)11-28(30(41)42)27-15-23(21-7-4-3-5-8-21)14-26(29(27)32(37,38)39)22-9-6-10-40(18-22)17-20-12-24(31(34,35)36)16-25(33)13-20/h3-5,7-8,12-16,19,22,28H,6,9-11,17-18H2,1-2H3,(H,41,42). The van der Waals surface area contributed by atoms with Crippen molar-refractivity contribution in [2.45, 2.75) is 63.8 Å². The molecule has 1 saturated heterocycles. The molecule has 0 saturated carbocycles. The second-order valence-electron chi connectivity index (χ2n) is 11.3.